The zero-order valence-electron chi connectivity index (χ0n) is 26.2. The second-order valence-electron chi connectivity index (χ2n) is 11.6. The SMILES string of the molecule is CC(=O)C(CC=C(C)CCC=C(C)CCC=C(C)CCC=C(C)C)C(=O)NC1C=C1SC1C=C(OC(F)(F)F)C=CC1N. The maximum absolute atomic E-state index is 12.9. The van der Waals surface area contributed by atoms with Crippen molar-refractivity contribution in [3.8, 4) is 0 Å². The molecule has 0 fully saturated rings. The van der Waals surface area contributed by atoms with Gasteiger partial charge < -0.3 is 15.8 Å². The molecule has 2 rings (SSSR count). The van der Waals surface area contributed by atoms with Crippen LogP contribution in [0.25, 0.3) is 0 Å². The Hall–Kier alpha value is -2.78. The number of ketones is 1. The molecule has 4 atom stereocenters. The summed E-state index contributed by atoms with van der Waals surface area (Å²) in [6.07, 6.45) is 16.2. The van der Waals surface area contributed by atoms with E-state index in [-0.39, 0.29) is 23.5 Å². The molecule has 0 saturated carbocycles. The van der Waals surface area contributed by atoms with Gasteiger partial charge in [-0.05, 0) is 105 Å². The van der Waals surface area contributed by atoms with E-state index < -0.39 is 23.6 Å². The average Bonchev–Trinajstić information content (AvgIpc) is 3.61. The Morgan fingerprint density at radius 2 is 1.49 bits per heavy atom. The lowest BCUT2D eigenvalue weighted by atomic mass is 9.97. The summed E-state index contributed by atoms with van der Waals surface area (Å²) in [5.74, 6) is -1.69. The third-order valence-electron chi connectivity index (χ3n) is 7.19. The number of amides is 1. The quantitative estimate of drug-likeness (QED) is 0.126. The normalized spacial score (nSPS) is 21.5. The van der Waals surface area contributed by atoms with Gasteiger partial charge in [-0.2, -0.15) is 0 Å². The fraction of sp³-hybridized carbons (Fsp3) is 0.529. The van der Waals surface area contributed by atoms with Crippen molar-refractivity contribution in [1.29, 1.82) is 0 Å². The molecule has 0 aromatic rings. The lowest BCUT2D eigenvalue weighted by Gasteiger charge is -2.22. The highest BCUT2D eigenvalue weighted by atomic mass is 32.2. The second-order valence-corrected chi connectivity index (χ2v) is 12.9. The molecule has 5 nitrogen and oxygen atoms in total. The number of thioether (sulfide) groups is 1. The standard InChI is InChI=1S/C34H47F3N2O3S/c1-22(2)10-7-11-23(3)12-8-13-24(4)14-9-15-25(5)16-18-28(26(6)40)33(41)39-30-21-32(30)43-31-20-27(17-19-29(31)38)42-34(35,36)37/h10,12,14,16-17,19-21,28-31H,7-9,11,13,15,18,38H2,1-6H3,(H,39,41). The number of ether oxygens (including phenoxy) is 1. The molecule has 4 unspecified atom stereocenters. The minimum atomic E-state index is -4.78. The molecule has 0 aliphatic heterocycles. The monoisotopic (exact) mass is 620 g/mol. The summed E-state index contributed by atoms with van der Waals surface area (Å²) < 4.78 is 41.7. The van der Waals surface area contributed by atoms with Crippen LogP contribution < -0.4 is 11.1 Å². The second kappa shape index (κ2) is 17.5. The highest BCUT2D eigenvalue weighted by Gasteiger charge is 2.36. The number of Topliss-reactive ketones (excluding diaryl/α,β-unsaturated/α-hetero) is 1. The van der Waals surface area contributed by atoms with Crippen LogP contribution >= 0.6 is 11.8 Å². The number of rotatable bonds is 17. The molecular weight excluding hydrogens is 573 g/mol. The number of allylic oxidation sites excluding steroid dienone is 9. The Labute approximate surface area is 259 Å². The number of hydrogen-bond acceptors (Lipinski definition) is 5. The van der Waals surface area contributed by atoms with Gasteiger partial charge in [0.25, 0.3) is 0 Å². The van der Waals surface area contributed by atoms with Crippen molar-refractivity contribution in [2.75, 3.05) is 0 Å². The number of nitrogens with one attached hydrogen (secondary N) is 1. The first-order valence-electron chi connectivity index (χ1n) is 14.9. The number of hydrogen-bond donors (Lipinski definition) is 2. The molecule has 3 N–H and O–H groups in total. The maximum atomic E-state index is 12.9. The van der Waals surface area contributed by atoms with Crippen molar-refractivity contribution in [3.05, 3.63) is 81.6 Å². The van der Waals surface area contributed by atoms with Gasteiger partial charge >= 0.3 is 6.36 Å². The molecule has 0 bridgehead atoms. The maximum Gasteiger partial charge on any atom is 0.573 e. The van der Waals surface area contributed by atoms with E-state index in [2.05, 4.69) is 56.0 Å². The number of carbonyl (C=O) groups is 2. The van der Waals surface area contributed by atoms with Crippen LogP contribution in [0.5, 0.6) is 0 Å². The van der Waals surface area contributed by atoms with Crippen LogP contribution in [0.15, 0.2) is 81.6 Å². The number of halogens is 3. The fourth-order valence-corrected chi connectivity index (χ4v) is 5.66. The lowest BCUT2D eigenvalue weighted by Crippen LogP contribution is -2.37. The molecule has 0 aromatic heterocycles. The van der Waals surface area contributed by atoms with Gasteiger partial charge in [-0.15, -0.1) is 24.9 Å². The largest absolute Gasteiger partial charge is 0.573 e. The highest BCUT2D eigenvalue weighted by molar-refractivity contribution is 8.04. The molecule has 43 heavy (non-hydrogen) atoms. The van der Waals surface area contributed by atoms with E-state index in [9.17, 15) is 22.8 Å². The Bertz CT molecular complexity index is 1200. The third-order valence-corrected chi connectivity index (χ3v) is 8.57. The van der Waals surface area contributed by atoms with Gasteiger partial charge in [-0.3, -0.25) is 9.59 Å². The van der Waals surface area contributed by atoms with Gasteiger partial charge in [-0.1, -0.05) is 52.7 Å². The molecule has 0 radical (unpaired) electrons. The van der Waals surface area contributed by atoms with Gasteiger partial charge in [0.05, 0.1) is 12.0 Å². The zero-order valence-corrected chi connectivity index (χ0v) is 27.0. The van der Waals surface area contributed by atoms with Crippen molar-refractivity contribution < 1.29 is 27.5 Å². The van der Waals surface area contributed by atoms with Crippen LogP contribution in [0.3, 0.4) is 0 Å². The molecule has 1 amide bonds. The predicted octanol–water partition coefficient (Wildman–Crippen LogP) is 8.53. The van der Waals surface area contributed by atoms with Crippen LogP contribution in [0.1, 0.15) is 86.5 Å². The van der Waals surface area contributed by atoms with Crippen LogP contribution in [0.2, 0.25) is 0 Å². The van der Waals surface area contributed by atoms with Crippen LogP contribution in [0, 0.1) is 5.92 Å². The van der Waals surface area contributed by atoms with Gasteiger partial charge in [0.15, 0.2) is 0 Å². The molecule has 0 heterocycles. The summed E-state index contributed by atoms with van der Waals surface area (Å²) in [7, 11) is 0. The summed E-state index contributed by atoms with van der Waals surface area (Å²) in [6.45, 7) is 12.0. The first kappa shape index (κ1) is 36.4. The summed E-state index contributed by atoms with van der Waals surface area (Å²) in [6, 6.07) is -0.851. The van der Waals surface area contributed by atoms with E-state index in [1.54, 1.807) is 6.08 Å². The van der Waals surface area contributed by atoms with Gasteiger partial charge in [-0.25, -0.2) is 0 Å². The van der Waals surface area contributed by atoms with Crippen LogP contribution in [-0.2, 0) is 14.3 Å². The van der Waals surface area contributed by atoms with E-state index in [0.29, 0.717) is 6.42 Å². The molecule has 9 heteroatoms. The minimum Gasteiger partial charge on any atom is -0.406 e. The topological polar surface area (TPSA) is 81.4 Å². The van der Waals surface area contributed by atoms with E-state index >= 15 is 0 Å². The molecular formula is C34H47F3N2O3S. The predicted molar refractivity (Wildman–Crippen MR) is 171 cm³/mol. The van der Waals surface area contributed by atoms with Gasteiger partial charge in [0, 0.05) is 16.2 Å². The summed E-state index contributed by atoms with van der Waals surface area (Å²) in [5, 5.41) is 2.38. The molecule has 0 saturated heterocycles. The number of carbonyl (C=O) groups excluding carboxylic acids is 2. The van der Waals surface area contributed by atoms with Crippen molar-refractivity contribution in [1.82, 2.24) is 5.32 Å². The van der Waals surface area contributed by atoms with Gasteiger partial charge in [0.1, 0.15) is 11.5 Å². The molecule has 0 spiro atoms. The average molecular weight is 621 g/mol. The highest BCUT2D eigenvalue weighted by Crippen LogP contribution is 2.39. The summed E-state index contributed by atoms with van der Waals surface area (Å²) >= 11 is 1.27. The van der Waals surface area contributed by atoms with E-state index in [1.165, 1.54) is 53.6 Å². The number of alkyl halides is 3. The molecule has 2 aliphatic rings. The van der Waals surface area contributed by atoms with Crippen molar-refractivity contribution in [2.45, 2.75) is 110 Å². The molecule has 2 aliphatic carbocycles. The Balaban J connectivity index is 1.77. The first-order chi connectivity index (χ1) is 20.1. The van der Waals surface area contributed by atoms with Gasteiger partial charge in [0.2, 0.25) is 5.91 Å². The Morgan fingerprint density at radius 3 is 2.02 bits per heavy atom. The Morgan fingerprint density at radius 1 is 0.930 bits per heavy atom. The zero-order chi connectivity index (χ0) is 32.2. The van der Waals surface area contributed by atoms with E-state index in [0.717, 1.165) is 49.0 Å². The molecule has 0 aromatic carbocycles. The van der Waals surface area contributed by atoms with Crippen LogP contribution in [0.4, 0.5) is 13.2 Å². The van der Waals surface area contributed by atoms with Crippen molar-refractivity contribution in [3.63, 3.8) is 0 Å². The van der Waals surface area contributed by atoms with E-state index in [4.69, 9.17) is 5.73 Å². The summed E-state index contributed by atoms with van der Waals surface area (Å²) in [5.41, 5.74) is 11.3. The van der Waals surface area contributed by atoms with Crippen molar-refractivity contribution in [2.24, 2.45) is 11.7 Å². The third kappa shape index (κ3) is 15.0. The minimum absolute atomic E-state index is 0.215. The Kier molecular flexibility index (Phi) is 14.8. The smallest absolute Gasteiger partial charge is 0.406 e. The number of nitrogens with two attached hydrogens (primary N) is 1. The fourth-order valence-electron chi connectivity index (χ4n) is 4.47. The van der Waals surface area contributed by atoms with Crippen LogP contribution in [-0.4, -0.2) is 35.4 Å². The van der Waals surface area contributed by atoms with E-state index in [1.807, 2.05) is 13.0 Å². The van der Waals surface area contributed by atoms with Crippen molar-refractivity contribution >= 4 is 23.5 Å². The lowest BCUT2D eigenvalue weighted by molar-refractivity contribution is -0.303. The summed E-state index contributed by atoms with van der Waals surface area (Å²) in [4.78, 5) is 25.9. The molecule has 238 valence electrons. The first-order valence-corrected chi connectivity index (χ1v) is 15.7.